The van der Waals surface area contributed by atoms with E-state index in [9.17, 15) is 18.0 Å². The molecule has 33 heavy (non-hydrogen) atoms. The van der Waals surface area contributed by atoms with E-state index < -0.39 is 11.7 Å². The SMILES string of the molecule is O=C(CN1CCCN(Cc2ccccc2)CC1)Nc1cc(C(F)(F)F)ccc1-n1cncn1. The number of carbonyl (C=O) groups is 1. The van der Waals surface area contributed by atoms with Gasteiger partial charge in [-0.1, -0.05) is 30.3 Å². The van der Waals surface area contributed by atoms with Crippen molar-refractivity contribution in [3.63, 3.8) is 0 Å². The van der Waals surface area contributed by atoms with Crippen LogP contribution in [-0.2, 0) is 17.5 Å². The Kier molecular flexibility index (Phi) is 7.05. The van der Waals surface area contributed by atoms with E-state index >= 15 is 0 Å². The highest BCUT2D eigenvalue weighted by Crippen LogP contribution is 2.33. The zero-order chi connectivity index (χ0) is 23.3. The highest BCUT2D eigenvalue weighted by Gasteiger charge is 2.31. The van der Waals surface area contributed by atoms with Gasteiger partial charge in [0, 0.05) is 19.6 Å². The van der Waals surface area contributed by atoms with Gasteiger partial charge in [-0.05, 0) is 43.3 Å². The summed E-state index contributed by atoms with van der Waals surface area (Å²) in [5.74, 6) is -0.368. The lowest BCUT2D eigenvalue weighted by atomic mass is 10.1. The number of benzene rings is 2. The average molecular weight is 458 g/mol. The molecule has 0 atom stereocenters. The van der Waals surface area contributed by atoms with E-state index in [1.807, 2.05) is 23.1 Å². The van der Waals surface area contributed by atoms with Crippen molar-refractivity contribution in [2.24, 2.45) is 0 Å². The first-order valence-electron chi connectivity index (χ1n) is 10.7. The maximum absolute atomic E-state index is 13.2. The zero-order valence-electron chi connectivity index (χ0n) is 18.0. The molecule has 10 heteroatoms. The van der Waals surface area contributed by atoms with Crippen LogP contribution in [-0.4, -0.2) is 63.2 Å². The van der Waals surface area contributed by atoms with E-state index in [-0.39, 0.29) is 18.1 Å². The number of nitrogens with zero attached hydrogens (tertiary/aromatic N) is 5. The predicted octanol–water partition coefficient (Wildman–Crippen LogP) is 3.43. The van der Waals surface area contributed by atoms with Gasteiger partial charge in [-0.25, -0.2) is 9.67 Å². The molecule has 0 unspecified atom stereocenters. The number of halogens is 3. The second-order valence-corrected chi connectivity index (χ2v) is 8.01. The van der Waals surface area contributed by atoms with Crippen LogP contribution in [0.1, 0.15) is 17.5 Å². The fraction of sp³-hybridized carbons (Fsp3) is 0.348. The molecule has 0 saturated carbocycles. The lowest BCUT2D eigenvalue weighted by Crippen LogP contribution is -2.36. The maximum Gasteiger partial charge on any atom is 0.416 e. The third-order valence-electron chi connectivity index (χ3n) is 5.56. The van der Waals surface area contributed by atoms with Gasteiger partial charge >= 0.3 is 6.18 Å². The number of hydrogen-bond donors (Lipinski definition) is 1. The molecule has 0 aliphatic carbocycles. The zero-order valence-corrected chi connectivity index (χ0v) is 18.0. The topological polar surface area (TPSA) is 66.3 Å². The molecular formula is C23H25F3N6O. The molecule has 1 saturated heterocycles. The van der Waals surface area contributed by atoms with Crippen LogP contribution >= 0.6 is 0 Å². The average Bonchev–Trinajstić information content (AvgIpc) is 3.23. The fourth-order valence-corrected chi connectivity index (χ4v) is 3.92. The molecule has 3 aromatic rings. The minimum absolute atomic E-state index is 0.0425. The standard InChI is InChI=1S/C23H25F3N6O/c24-23(25,26)19-7-8-21(32-17-27-16-28-32)20(13-19)29-22(33)15-31-10-4-9-30(11-12-31)14-18-5-2-1-3-6-18/h1-3,5-8,13,16-17H,4,9-12,14-15H2,(H,29,33). The minimum atomic E-state index is -4.52. The van der Waals surface area contributed by atoms with Crippen LogP contribution in [0.15, 0.2) is 61.2 Å². The summed E-state index contributed by atoms with van der Waals surface area (Å²) in [5.41, 5.74) is 0.765. The molecule has 1 aromatic heterocycles. The monoisotopic (exact) mass is 458 g/mol. The Morgan fingerprint density at radius 2 is 1.76 bits per heavy atom. The molecule has 1 aliphatic rings. The van der Waals surface area contributed by atoms with Gasteiger partial charge in [0.15, 0.2) is 0 Å². The van der Waals surface area contributed by atoms with Crippen molar-refractivity contribution in [1.82, 2.24) is 24.6 Å². The highest BCUT2D eigenvalue weighted by atomic mass is 19.4. The van der Waals surface area contributed by atoms with Crippen LogP contribution in [0, 0.1) is 0 Å². The quantitative estimate of drug-likeness (QED) is 0.613. The van der Waals surface area contributed by atoms with Crippen molar-refractivity contribution in [1.29, 1.82) is 0 Å². The van der Waals surface area contributed by atoms with Crippen molar-refractivity contribution in [3.8, 4) is 5.69 Å². The van der Waals surface area contributed by atoms with E-state index in [0.717, 1.165) is 44.7 Å². The number of alkyl halides is 3. The van der Waals surface area contributed by atoms with Gasteiger partial charge in [0.05, 0.1) is 23.5 Å². The lowest BCUT2D eigenvalue weighted by molar-refractivity contribution is -0.137. The van der Waals surface area contributed by atoms with Gasteiger partial charge in [0.25, 0.3) is 0 Å². The summed E-state index contributed by atoms with van der Waals surface area (Å²) >= 11 is 0. The first kappa shape index (κ1) is 22.9. The molecule has 2 aromatic carbocycles. The van der Waals surface area contributed by atoms with E-state index in [1.54, 1.807) is 0 Å². The summed E-state index contributed by atoms with van der Waals surface area (Å²) in [4.78, 5) is 21.0. The number of hydrogen-bond acceptors (Lipinski definition) is 5. The van der Waals surface area contributed by atoms with Crippen molar-refractivity contribution in [3.05, 3.63) is 72.3 Å². The van der Waals surface area contributed by atoms with Gasteiger partial charge < -0.3 is 5.32 Å². The van der Waals surface area contributed by atoms with Gasteiger partial charge in [0.2, 0.25) is 5.91 Å². The van der Waals surface area contributed by atoms with Crippen LogP contribution in [0.5, 0.6) is 0 Å². The number of nitrogens with one attached hydrogen (secondary N) is 1. The Morgan fingerprint density at radius 1 is 1.00 bits per heavy atom. The number of rotatable bonds is 6. The van der Waals surface area contributed by atoms with Gasteiger partial charge in [-0.2, -0.15) is 18.3 Å². The lowest BCUT2D eigenvalue weighted by Gasteiger charge is -2.22. The van der Waals surface area contributed by atoms with Crippen molar-refractivity contribution >= 4 is 11.6 Å². The summed E-state index contributed by atoms with van der Waals surface area (Å²) in [7, 11) is 0. The molecule has 7 nitrogen and oxygen atoms in total. The number of aromatic nitrogens is 3. The number of anilines is 1. The first-order chi connectivity index (χ1) is 15.9. The number of carbonyl (C=O) groups excluding carboxylic acids is 1. The van der Waals surface area contributed by atoms with Crippen LogP contribution in [0.4, 0.5) is 18.9 Å². The summed E-state index contributed by atoms with van der Waals surface area (Å²) in [6, 6.07) is 13.4. The molecule has 4 rings (SSSR count). The normalized spacial score (nSPS) is 15.8. The van der Waals surface area contributed by atoms with Crippen molar-refractivity contribution in [2.75, 3.05) is 38.0 Å². The molecule has 0 radical (unpaired) electrons. The van der Waals surface area contributed by atoms with E-state index in [2.05, 4.69) is 32.4 Å². The van der Waals surface area contributed by atoms with E-state index in [4.69, 9.17) is 0 Å². The van der Waals surface area contributed by atoms with Crippen molar-refractivity contribution in [2.45, 2.75) is 19.1 Å². The molecule has 174 valence electrons. The second kappa shape index (κ2) is 10.1. The van der Waals surface area contributed by atoms with E-state index in [0.29, 0.717) is 12.2 Å². The summed E-state index contributed by atoms with van der Waals surface area (Å²) in [6.07, 6.45) is -0.961. The molecule has 1 aliphatic heterocycles. The van der Waals surface area contributed by atoms with Crippen LogP contribution < -0.4 is 5.32 Å². The number of amides is 1. The summed E-state index contributed by atoms with van der Waals surface area (Å²) in [6.45, 7) is 4.15. The van der Waals surface area contributed by atoms with Gasteiger partial charge in [-0.15, -0.1) is 0 Å². The van der Waals surface area contributed by atoms with Crippen LogP contribution in [0.25, 0.3) is 5.69 Å². The van der Waals surface area contributed by atoms with Crippen LogP contribution in [0.3, 0.4) is 0 Å². The minimum Gasteiger partial charge on any atom is -0.323 e. The maximum atomic E-state index is 13.2. The smallest absolute Gasteiger partial charge is 0.323 e. The Morgan fingerprint density at radius 3 is 2.48 bits per heavy atom. The summed E-state index contributed by atoms with van der Waals surface area (Å²) in [5, 5.41) is 6.62. The Labute approximate surface area is 189 Å². The predicted molar refractivity (Wildman–Crippen MR) is 118 cm³/mol. The molecule has 1 fully saturated rings. The molecule has 1 amide bonds. The first-order valence-corrected chi connectivity index (χ1v) is 10.7. The Bertz CT molecular complexity index is 1060. The highest BCUT2D eigenvalue weighted by molar-refractivity contribution is 5.94. The van der Waals surface area contributed by atoms with Crippen molar-refractivity contribution < 1.29 is 18.0 Å². The second-order valence-electron chi connectivity index (χ2n) is 8.01. The van der Waals surface area contributed by atoms with E-state index in [1.165, 1.54) is 29.0 Å². The molecular weight excluding hydrogens is 433 g/mol. The van der Waals surface area contributed by atoms with Gasteiger partial charge in [0.1, 0.15) is 12.7 Å². The molecule has 0 bridgehead atoms. The Balaban J connectivity index is 1.40. The molecule has 2 heterocycles. The van der Waals surface area contributed by atoms with Gasteiger partial charge in [-0.3, -0.25) is 14.6 Å². The summed E-state index contributed by atoms with van der Waals surface area (Å²) < 4.78 is 41.0. The van der Waals surface area contributed by atoms with Crippen LogP contribution in [0.2, 0.25) is 0 Å². The third kappa shape index (κ3) is 6.17. The fourth-order valence-electron chi connectivity index (χ4n) is 3.92. The molecule has 0 spiro atoms. The Hall–Kier alpha value is -3.24. The third-order valence-corrected chi connectivity index (χ3v) is 5.56. The largest absolute Gasteiger partial charge is 0.416 e. The molecule has 1 N–H and O–H groups in total.